The minimum Gasteiger partial charge on any atom is -0.482 e. The van der Waals surface area contributed by atoms with Gasteiger partial charge in [0.25, 0.3) is 5.91 Å². The highest BCUT2D eigenvalue weighted by Gasteiger charge is 2.35. The van der Waals surface area contributed by atoms with Gasteiger partial charge in [0.2, 0.25) is 15.9 Å². The van der Waals surface area contributed by atoms with Crippen molar-refractivity contribution in [3.05, 3.63) is 47.0 Å². The van der Waals surface area contributed by atoms with Crippen LogP contribution in [0.1, 0.15) is 25.8 Å². The molecule has 0 spiro atoms. The normalized spacial score (nSPS) is 22.5. The number of hydrogen-bond acceptors (Lipinski definition) is 6. The van der Waals surface area contributed by atoms with Crippen molar-refractivity contribution in [1.82, 2.24) is 9.21 Å². The number of aryl methyl sites for hydroxylation is 1. The van der Waals surface area contributed by atoms with Gasteiger partial charge in [-0.2, -0.15) is 4.31 Å². The first kappa shape index (κ1) is 27.7. The van der Waals surface area contributed by atoms with Crippen LogP contribution < -0.4 is 14.5 Å². The number of amides is 2. The fourth-order valence-electron chi connectivity index (χ4n) is 5.82. The number of carbonyl (C=O) groups excluding carboxylic acids is 2. The molecule has 9 nitrogen and oxygen atoms in total. The quantitative estimate of drug-likeness (QED) is 0.544. The van der Waals surface area contributed by atoms with Crippen molar-refractivity contribution in [2.45, 2.75) is 32.1 Å². The number of sulfonamides is 1. The molecular formula is C28H35ClN4O5S. The van der Waals surface area contributed by atoms with Crippen molar-refractivity contribution >= 4 is 44.8 Å². The Balaban J connectivity index is 1.31. The van der Waals surface area contributed by atoms with E-state index in [1.165, 1.54) is 21.3 Å². The molecule has 2 amide bonds. The lowest BCUT2D eigenvalue weighted by molar-refractivity contribution is -0.132. The molecule has 2 aromatic rings. The van der Waals surface area contributed by atoms with Crippen LogP contribution in [0.3, 0.4) is 0 Å². The first-order valence-corrected chi connectivity index (χ1v) is 15.2. The summed E-state index contributed by atoms with van der Waals surface area (Å²) in [5, 5.41) is 0.671. The average molecular weight is 575 g/mol. The monoisotopic (exact) mass is 574 g/mol. The van der Waals surface area contributed by atoms with Gasteiger partial charge in [0.05, 0.1) is 10.6 Å². The highest BCUT2D eigenvalue weighted by molar-refractivity contribution is 7.89. The zero-order valence-corrected chi connectivity index (χ0v) is 24.2. The summed E-state index contributed by atoms with van der Waals surface area (Å²) in [5.41, 5.74) is 2.49. The standard InChI is InChI=1S/C28H35ClN4O5S/c1-19-12-20(2)16-32(15-19)39(36,37)23-6-7-26-25(14-23)33(28(35)18-38-26)17-27(34)31-10-8-30(9-11-31)24-13-22(29)5-4-21(24)3/h4-7,13-14,19-20H,8-12,15-18H2,1-3H3. The molecule has 0 saturated carbocycles. The maximum absolute atomic E-state index is 13.5. The Morgan fingerprint density at radius 1 is 1.00 bits per heavy atom. The van der Waals surface area contributed by atoms with E-state index in [1.54, 1.807) is 11.0 Å². The summed E-state index contributed by atoms with van der Waals surface area (Å²) >= 11 is 6.20. The van der Waals surface area contributed by atoms with E-state index in [0.717, 1.165) is 17.7 Å². The fourth-order valence-corrected chi connectivity index (χ4v) is 7.69. The Bertz CT molecular complexity index is 1370. The number of benzene rings is 2. The molecule has 0 bridgehead atoms. The molecule has 2 saturated heterocycles. The Morgan fingerprint density at radius 2 is 1.69 bits per heavy atom. The van der Waals surface area contributed by atoms with E-state index in [4.69, 9.17) is 16.3 Å². The Kier molecular flexibility index (Phi) is 7.81. The molecular weight excluding hydrogens is 540 g/mol. The average Bonchev–Trinajstić information content (AvgIpc) is 2.91. The van der Waals surface area contributed by atoms with Gasteiger partial charge in [0, 0.05) is 50.0 Å². The molecule has 2 aromatic carbocycles. The van der Waals surface area contributed by atoms with Crippen LogP contribution in [0.5, 0.6) is 5.75 Å². The first-order valence-electron chi connectivity index (χ1n) is 13.4. The second-order valence-electron chi connectivity index (χ2n) is 11.0. The number of nitrogens with zero attached hydrogens (tertiary/aromatic N) is 4. The molecule has 0 aromatic heterocycles. The zero-order chi connectivity index (χ0) is 27.9. The molecule has 2 fully saturated rings. The van der Waals surface area contributed by atoms with E-state index < -0.39 is 10.0 Å². The second-order valence-corrected chi connectivity index (χ2v) is 13.3. The third-order valence-corrected chi connectivity index (χ3v) is 9.85. The van der Waals surface area contributed by atoms with Gasteiger partial charge in [0.1, 0.15) is 12.3 Å². The summed E-state index contributed by atoms with van der Waals surface area (Å²) in [6.45, 7) is 9.01. The molecule has 3 aliphatic rings. The molecule has 39 heavy (non-hydrogen) atoms. The van der Waals surface area contributed by atoms with E-state index >= 15 is 0 Å². The number of halogens is 1. The van der Waals surface area contributed by atoms with Crippen molar-refractivity contribution < 1.29 is 22.7 Å². The minimum absolute atomic E-state index is 0.101. The predicted octanol–water partition coefficient (Wildman–Crippen LogP) is 3.39. The fraction of sp³-hybridized carbons (Fsp3) is 0.500. The van der Waals surface area contributed by atoms with Crippen LogP contribution in [0.2, 0.25) is 5.02 Å². The smallest absolute Gasteiger partial charge is 0.265 e. The van der Waals surface area contributed by atoms with Crippen molar-refractivity contribution in [3.63, 3.8) is 0 Å². The summed E-state index contributed by atoms with van der Waals surface area (Å²) in [6, 6.07) is 10.4. The van der Waals surface area contributed by atoms with Crippen LogP contribution in [0.4, 0.5) is 11.4 Å². The third kappa shape index (κ3) is 5.73. The summed E-state index contributed by atoms with van der Waals surface area (Å²) in [4.78, 5) is 31.6. The van der Waals surface area contributed by atoms with E-state index in [1.807, 2.05) is 25.1 Å². The van der Waals surface area contributed by atoms with Crippen LogP contribution in [-0.4, -0.2) is 81.9 Å². The molecule has 0 radical (unpaired) electrons. The Labute approximate surface area is 235 Å². The summed E-state index contributed by atoms with van der Waals surface area (Å²) in [7, 11) is -3.76. The molecule has 210 valence electrons. The second kappa shape index (κ2) is 11.0. The van der Waals surface area contributed by atoms with Crippen LogP contribution in [-0.2, 0) is 19.6 Å². The van der Waals surface area contributed by atoms with Crippen molar-refractivity contribution in [1.29, 1.82) is 0 Å². The maximum Gasteiger partial charge on any atom is 0.265 e. The number of anilines is 2. The zero-order valence-electron chi connectivity index (χ0n) is 22.6. The maximum atomic E-state index is 13.5. The number of piperazine rings is 1. The van der Waals surface area contributed by atoms with E-state index in [0.29, 0.717) is 55.7 Å². The van der Waals surface area contributed by atoms with Crippen LogP contribution >= 0.6 is 11.6 Å². The van der Waals surface area contributed by atoms with Crippen molar-refractivity contribution in [3.8, 4) is 5.75 Å². The van der Waals surface area contributed by atoms with Gasteiger partial charge in [-0.15, -0.1) is 0 Å². The van der Waals surface area contributed by atoms with Crippen LogP contribution in [0.15, 0.2) is 41.3 Å². The molecule has 2 atom stereocenters. The lowest BCUT2D eigenvalue weighted by atomic mass is 9.94. The van der Waals surface area contributed by atoms with Gasteiger partial charge in [-0.25, -0.2) is 8.42 Å². The first-order chi connectivity index (χ1) is 18.5. The van der Waals surface area contributed by atoms with E-state index in [-0.39, 0.29) is 41.7 Å². The van der Waals surface area contributed by atoms with Gasteiger partial charge in [-0.05, 0) is 61.1 Å². The van der Waals surface area contributed by atoms with Gasteiger partial charge >= 0.3 is 0 Å². The Hall–Kier alpha value is -2.82. The molecule has 11 heteroatoms. The largest absolute Gasteiger partial charge is 0.482 e. The highest BCUT2D eigenvalue weighted by Crippen LogP contribution is 2.36. The molecule has 3 heterocycles. The number of piperidine rings is 1. The predicted molar refractivity (Wildman–Crippen MR) is 151 cm³/mol. The number of carbonyl (C=O) groups is 2. The summed E-state index contributed by atoms with van der Waals surface area (Å²) < 4.78 is 34.1. The Morgan fingerprint density at radius 3 is 2.38 bits per heavy atom. The van der Waals surface area contributed by atoms with Gasteiger partial charge in [-0.3, -0.25) is 14.5 Å². The third-order valence-electron chi connectivity index (χ3n) is 7.78. The van der Waals surface area contributed by atoms with Crippen molar-refractivity contribution in [2.75, 3.05) is 62.2 Å². The minimum atomic E-state index is -3.76. The molecule has 3 aliphatic heterocycles. The number of rotatable bonds is 5. The van der Waals surface area contributed by atoms with Gasteiger partial charge < -0.3 is 14.5 Å². The molecule has 2 unspecified atom stereocenters. The topological polar surface area (TPSA) is 90.5 Å². The SMILES string of the molecule is Cc1ccc(Cl)cc1N1CCN(C(=O)CN2C(=O)COc3ccc(S(=O)(=O)N4CC(C)CC(C)C4)cc32)CC1. The molecule has 5 rings (SSSR count). The molecule has 0 aliphatic carbocycles. The van der Waals surface area contributed by atoms with Gasteiger partial charge in [-0.1, -0.05) is 31.5 Å². The van der Waals surface area contributed by atoms with E-state index in [9.17, 15) is 18.0 Å². The van der Waals surface area contributed by atoms with Crippen molar-refractivity contribution in [2.24, 2.45) is 11.8 Å². The van der Waals surface area contributed by atoms with Crippen LogP contribution in [0, 0.1) is 18.8 Å². The number of ether oxygens (including phenoxy) is 1. The summed E-state index contributed by atoms with van der Waals surface area (Å²) in [6.07, 6.45) is 0.988. The van der Waals surface area contributed by atoms with Crippen LogP contribution in [0.25, 0.3) is 0 Å². The summed E-state index contributed by atoms with van der Waals surface area (Å²) in [5.74, 6) is 0.360. The number of fused-ring (bicyclic) bond motifs is 1. The number of hydrogen-bond donors (Lipinski definition) is 0. The van der Waals surface area contributed by atoms with E-state index in [2.05, 4.69) is 18.7 Å². The lowest BCUT2D eigenvalue weighted by Gasteiger charge is -2.38. The van der Waals surface area contributed by atoms with Gasteiger partial charge in [0.15, 0.2) is 6.61 Å². The molecule has 0 N–H and O–H groups in total. The highest BCUT2D eigenvalue weighted by atomic mass is 35.5. The lowest BCUT2D eigenvalue weighted by Crippen LogP contribution is -2.53.